The van der Waals surface area contributed by atoms with Crippen LogP contribution in [-0.2, 0) is 17.5 Å². The van der Waals surface area contributed by atoms with Crippen LogP contribution in [0.15, 0.2) is 42.5 Å². The minimum absolute atomic E-state index is 0.0483. The maximum atomic E-state index is 13.3. The van der Waals surface area contributed by atoms with Crippen molar-refractivity contribution in [1.29, 1.82) is 0 Å². The van der Waals surface area contributed by atoms with Gasteiger partial charge in [-0.15, -0.1) is 15.3 Å². The molecule has 1 amide bonds. The summed E-state index contributed by atoms with van der Waals surface area (Å²) in [5.41, 5.74) is 1.17. The third kappa shape index (κ3) is 4.13. The molecule has 168 valence electrons. The van der Waals surface area contributed by atoms with Crippen molar-refractivity contribution in [2.75, 3.05) is 18.0 Å². The summed E-state index contributed by atoms with van der Waals surface area (Å²) in [6, 6.07) is 13.4. The molecule has 5 rings (SSSR count). The van der Waals surface area contributed by atoms with E-state index in [1.807, 2.05) is 40.1 Å². The first-order valence-electron chi connectivity index (χ1n) is 10.8. The number of carbonyl (C=O) groups excluding carboxylic acids is 1. The van der Waals surface area contributed by atoms with Gasteiger partial charge in [-0.3, -0.25) is 4.79 Å². The van der Waals surface area contributed by atoms with Gasteiger partial charge in [0.25, 0.3) is 5.82 Å². The topological polar surface area (TPSA) is 66.6 Å². The van der Waals surface area contributed by atoms with Gasteiger partial charge in [-0.2, -0.15) is 17.7 Å². The Bertz CT molecular complexity index is 1100. The van der Waals surface area contributed by atoms with Crippen molar-refractivity contribution in [2.24, 2.45) is 5.92 Å². The van der Waals surface area contributed by atoms with E-state index in [2.05, 4.69) is 15.3 Å². The Kier molecular flexibility index (Phi) is 5.22. The summed E-state index contributed by atoms with van der Waals surface area (Å²) >= 11 is 0. The predicted molar refractivity (Wildman–Crippen MR) is 111 cm³/mol. The van der Waals surface area contributed by atoms with E-state index < -0.39 is 12.0 Å². The highest BCUT2D eigenvalue weighted by Crippen LogP contribution is 2.33. The lowest BCUT2D eigenvalue weighted by Gasteiger charge is -2.35. The maximum absolute atomic E-state index is 13.3. The number of halogens is 3. The molecule has 0 bridgehead atoms. The van der Waals surface area contributed by atoms with E-state index in [1.54, 1.807) is 6.07 Å². The molecule has 1 aliphatic heterocycles. The molecule has 2 aliphatic rings. The van der Waals surface area contributed by atoms with Crippen LogP contribution in [0.2, 0.25) is 0 Å². The van der Waals surface area contributed by atoms with Gasteiger partial charge in [0.2, 0.25) is 5.91 Å². The van der Waals surface area contributed by atoms with Crippen LogP contribution < -0.4 is 4.90 Å². The number of rotatable bonds is 5. The van der Waals surface area contributed by atoms with Crippen molar-refractivity contribution in [3.05, 3.63) is 53.9 Å². The second-order valence-corrected chi connectivity index (χ2v) is 8.43. The number of hydrogen-bond donors (Lipinski definition) is 0. The molecular weight excluding hydrogens is 421 g/mol. The molecule has 7 nitrogen and oxygen atoms in total. The smallest absolute Gasteiger partial charge is 0.355 e. The number of benzene rings is 1. The summed E-state index contributed by atoms with van der Waals surface area (Å²) in [5.74, 6) is -0.616. The number of piperidine rings is 1. The number of carbonyl (C=O) groups is 1. The van der Waals surface area contributed by atoms with E-state index in [9.17, 15) is 18.0 Å². The SMILES string of the molecule is O=C(C1CCN(c2ccc3nnc(C(F)(F)F)n3n2)CC1)N(Cc1ccccc1)C1CC1. The monoisotopic (exact) mass is 444 g/mol. The molecule has 1 aromatic carbocycles. The zero-order valence-corrected chi connectivity index (χ0v) is 17.4. The summed E-state index contributed by atoms with van der Waals surface area (Å²) in [7, 11) is 0. The van der Waals surface area contributed by atoms with Crippen molar-refractivity contribution >= 4 is 17.4 Å². The molecule has 0 spiro atoms. The van der Waals surface area contributed by atoms with Gasteiger partial charge in [0.1, 0.15) is 5.82 Å². The van der Waals surface area contributed by atoms with E-state index in [4.69, 9.17) is 0 Å². The fourth-order valence-corrected chi connectivity index (χ4v) is 4.27. The number of hydrogen-bond acceptors (Lipinski definition) is 5. The van der Waals surface area contributed by atoms with Crippen LogP contribution >= 0.6 is 0 Å². The number of alkyl halides is 3. The number of anilines is 1. The standard InChI is InChI=1S/C22H23F3N6O/c23-22(24,25)21-27-26-18-8-9-19(28-31(18)21)29-12-10-16(11-13-29)20(32)30(17-6-7-17)14-15-4-2-1-3-5-15/h1-5,8-9,16-17H,6-7,10-14H2. The average Bonchev–Trinajstić information content (AvgIpc) is 3.54. The molecule has 3 heterocycles. The Morgan fingerprint density at radius 1 is 1.00 bits per heavy atom. The van der Waals surface area contributed by atoms with Gasteiger partial charge in [0.15, 0.2) is 5.65 Å². The highest BCUT2D eigenvalue weighted by molar-refractivity contribution is 5.80. The van der Waals surface area contributed by atoms with Gasteiger partial charge in [-0.1, -0.05) is 30.3 Å². The van der Waals surface area contributed by atoms with E-state index >= 15 is 0 Å². The maximum Gasteiger partial charge on any atom is 0.453 e. The second kappa shape index (κ2) is 8.07. The van der Waals surface area contributed by atoms with Crippen LogP contribution in [0.3, 0.4) is 0 Å². The van der Waals surface area contributed by atoms with E-state index in [1.165, 1.54) is 6.07 Å². The third-order valence-corrected chi connectivity index (χ3v) is 6.14. The van der Waals surface area contributed by atoms with E-state index in [-0.39, 0.29) is 17.5 Å². The molecule has 0 N–H and O–H groups in total. The van der Waals surface area contributed by atoms with Crippen LogP contribution in [0.25, 0.3) is 5.65 Å². The second-order valence-electron chi connectivity index (χ2n) is 8.43. The highest BCUT2D eigenvalue weighted by atomic mass is 19.4. The van der Waals surface area contributed by atoms with Gasteiger partial charge in [-0.05, 0) is 43.4 Å². The van der Waals surface area contributed by atoms with Crippen molar-refractivity contribution in [3.8, 4) is 0 Å². The lowest BCUT2D eigenvalue weighted by atomic mass is 9.95. The minimum Gasteiger partial charge on any atom is -0.355 e. The summed E-state index contributed by atoms with van der Waals surface area (Å²) in [6.07, 6.45) is -1.26. The molecule has 0 unspecified atom stereocenters. The van der Waals surface area contributed by atoms with Crippen molar-refractivity contribution < 1.29 is 18.0 Å². The summed E-state index contributed by atoms with van der Waals surface area (Å²) in [4.78, 5) is 17.2. The lowest BCUT2D eigenvalue weighted by Crippen LogP contribution is -2.43. The number of aromatic nitrogens is 4. The van der Waals surface area contributed by atoms with Crippen LogP contribution in [0.1, 0.15) is 37.1 Å². The Labute approximate surface area is 182 Å². The quantitative estimate of drug-likeness (QED) is 0.602. The molecule has 1 aliphatic carbocycles. The number of fused-ring (bicyclic) bond motifs is 1. The molecule has 10 heteroatoms. The Hall–Kier alpha value is -3.17. The van der Waals surface area contributed by atoms with Crippen molar-refractivity contribution in [1.82, 2.24) is 24.7 Å². The molecule has 2 fully saturated rings. The van der Waals surface area contributed by atoms with Gasteiger partial charge in [0.05, 0.1) is 0 Å². The summed E-state index contributed by atoms with van der Waals surface area (Å²) < 4.78 is 40.2. The first-order valence-corrected chi connectivity index (χ1v) is 10.8. The summed E-state index contributed by atoms with van der Waals surface area (Å²) in [5, 5.41) is 10.9. The molecular formula is C22H23F3N6O. The number of nitrogens with zero attached hydrogens (tertiary/aromatic N) is 6. The zero-order chi connectivity index (χ0) is 22.3. The van der Waals surface area contributed by atoms with E-state index in [0.29, 0.717) is 44.3 Å². The Morgan fingerprint density at radius 3 is 2.38 bits per heavy atom. The fourth-order valence-electron chi connectivity index (χ4n) is 4.27. The first-order chi connectivity index (χ1) is 15.4. The average molecular weight is 444 g/mol. The highest BCUT2D eigenvalue weighted by Gasteiger charge is 2.39. The predicted octanol–water partition coefficient (Wildman–Crippen LogP) is 3.55. The van der Waals surface area contributed by atoms with Gasteiger partial charge < -0.3 is 9.80 Å². The van der Waals surface area contributed by atoms with Crippen LogP contribution in [0, 0.1) is 5.92 Å². The summed E-state index contributed by atoms with van der Waals surface area (Å²) in [6.45, 7) is 1.74. The van der Waals surface area contributed by atoms with Crippen LogP contribution in [-0.4, -0.2) is 49.7 Å². The van der Waals surface area contributed by atoms with Crippen LogP contribution in [0.5, 0.6) is 0 Å². The molecule has 0 atom stereocenters. The molecule has 2 aromatic heterocycles. The van der Waals surface area contributed by atoms with Gasteiger partial charge in [0, 0.05) is 31.6 Å². The number of amides is 1. The van der Waals surface area contributed by atoms with E-state index in [0.717, 1.165) is 22.9 Å². The molecule has 32 heavy (non-hydrogen) atoms. The third-order valence-electron chi connectivity index (χ3n) is 6.14. The van der Waals surface area contributed by atoms with Crippen molar-refractivity contribution in [2.45, 2.75) is 44.4 Å². The fraction of sp³-hybridized carbons (Fsp3) is 0.455. The molecule has 3 aromatic rings. The minimum atomic E-state index is -4.63. The Balaban J connectivity index is 1.27. The normalized spacial score (nSPS) is 17.7. The Morgan fingerprint density at radius 2 is 1.72 bits per heavy atom. The molecule has 1 saturated carbocycles. The largest absolute Gasteiger partial charge is 0.453 e. The van der Waals surface area contributed by atoms with Gasteiger partial charge >= 0.3 is 6.18 Å². The first kappa shape index (κ1) is 20.7. The van der Waals surface area contributed by atoms with Crippen molar-refractivity contribution in [3.63, 3.8) is 0 Å². The molecule has 1 saturated heterocycles. The van der Waals surface area contributed by atoms with Crippen LogP contribution in [0.4, 0.5) is 19.0 Å². The lowest BCUT2D eigenvalue weighted by molar-refractivity contribution is -0.146. The zero-order valence-electron chi connectivity index (χ0n) is 17.4. The molecule has 0 radical (unpaired) electrons. The van der Waals surface area contributed by atoms with Gasteiger partial charge in [-0.25, -0.2) is 0 Å².